The van der Waals surface area contributed by atoms with Crippen molar-refractivity contribution in [3.63, 3.8) is 0 Å². The summed E-state index contributed by atoms with van der Waals surface area (Å²) in [5.74, 6) is 0.363. The van der Waals surface area contributed by atoms with E-state index in [-0.39, 0.29) is 10.7 Å². The summed E-state index contributed by atoms with van der Waals surface area (Å²) in [5, 5.41) is 0.222. The van der Waals surface area contributed by atoms with Crippen molar-refractivity contribution in [2.75, 3.05) is 7.11 Å². The van der Waals surface area contributed by atoms with Gasteiger partial charge in [-0.2, -0.15) is 0 Å². The van der Waals surface area contributed by atoms with Crippen LogP contribution in [0.25, 0.3) is 10.9 Å². The van der Waals surface area contributed by atoms with Gasteiger partial charge in [0, 0.05) is 11.5 Å². The third-order valence-corrected chi connectivity index (χ3v) is 2.62. The van der Waals surface area contributed by atoms with Crippen molar-refractivity contribution in [1.29, 1.82) is 0 Å². The molecular weight excluding hydrogens is 251 g/mol. The number of hydrogen-bond acceptors (Lipinski definition) is 4. The Balaban J connectivity index is 2.81. The number of methoxy groups -OCH3 is 1. The molecule has 0 atom stereocenters. The van der Waals surface area contributed by atoms with Crippen LogP contribution < -0.4 is 4.74 Å². The Bertz CT molecular complexity index is 572. The van der Waals surface area contributed by atoms with Gasteiger partial charge in [-0.1, -0.05) is 11.6 Å². The number of rotatable bonds is 2. The quantitative estimate of drug-likeness (QED) is 0.613. The molecule has 0 N–H and O–H groups in total. The number of fused-ring (bicyclic) bond motifs is 1. The number of aromatic nitrogens is 2. The molecule has 2 rings (SSSR count). The molecule has 0 aliphatic heterocycles. The van der Waals surface area contributed by atoms with Gasteiger partial charge in [-0.15, -0.1) is 0 Å². The molecule has 0 aliphatic rings. The van der Waals surface area contributed by atoms with Gasteiger partial charge in [0.25, 0.3) is 5.24 Å². The summed E-state index contributed by atoms with van der Waals surface area (Å²) in [6.45, 7) is 0. The summed E-state index contributed by atoms with van der Waals surface area (Å²) in [7, 11) is 1.45. The number of hydrogen-bond donors (Lipinski definition) is 0. The van der Waals surface area contributed by atoms with E-state index in [1.54, 1.807) is 6.07 Å². The average Bonchev–Trinajstić information content (AvgIpc) is 2.27. The maximum Gasteiger partial charge on any atom is 0.256 e. The Morgan fingerprint density at radius 1 is 1.38 bits per heavy atom. The lowest BCUT2D eigenvalue weighted by Crippen LogP contribution is -1.97. The van der Waals surface area contributed by atoms with E-state index in [9.17, 15) is 4.79 Å². The lowest BCUT2D eigenvalue weighted by atomic mass is 10.1. The lowest BCUT2D eigenvalue weighted by Gasteiger charge is -2.06. The summed E-state index contributed by atoms with van der Waals surface area (Å²) in [4.78, 5) is 19.0. The van der Waals surface area contributed by atoms with Gasteiger partial charge in [0.05, 0.1) is 18.2 Å². The SMILES string of the molecule is COc1cc2ncnc(Cl)c2cc1C(=O)Cl. The third-order valence-electron chi connectivity index (χ3n) is 2.12. The molecule has 0 bridgehead atoms. The standard InChI is InChI=1S/C10H6Cl2N2O2/c1-16-8-3-7-5(2-6(8)10(12)15)9(11)14-4-13-7/h2-4H,1H3. The second-order valence-corrected chi connectivity index (χ2v) is 3.71. The zero-order valence-corrected chi connectivity index (χ0v) is 9.71. The smallest absolute Gasteiger partial charge is 0.256 e. The van der Waals surface area contributed by atoms with Crippen LogP contribution in [0.4, 0.5) is 0 Å². The van der Waals surface area contributed by atoms with Crippen molar-refractivity contribution >= 4 is 39.3 Å². The highest BCUT2D eigenvalue weighted by Crippen LogP contribution is 2.28. The molecule has 0 spiro atoms. The van der Waals surface area contributed by atoms with E-state index in [1.165, 1.54) is 19.5 Å². The zero-order valence-electron chi connectivity index (χ0n) is 8.20. The predicted molar refractivity (Wildman–Crippen MR) is 61.3 cm³/mol. The van der Waals surface area contributed by atoms with Crippen molar-refractivity contribution in [2.24, 2.45) is 0 Å². The van der Waals surface area contributed by atoms with Gasteiger partial charge >= 0.3 is 0 Å². The summed E-state index contributed by atoms with van der Waals surface area (Å²) in [6.07, 6.45) is 1.34. The summed E-state index contributed by atoms with van der Waals surface area (Å²) in [6, 6.07) is 3.12. The minimum Gasteiger partial charge on any atom is -0.496 e. The number of benzene rings is 1. The summed E-state index contributed by atoms with van der Waals surface area (Å²) >= 11 is 11.3. The molecule has 6 heteroatoms. The van der Waals surface area contributed by atoms with Crippen molar-refractivity contribution < 1.29 is 9.53 Å². The zero-order chi connectivity index (χ0) is 11.7. The van der Waals surface area contributed by atoms with Crippen LogP contribution >= 0.6 is 23.2 Å². The Morgan fingerprint density at radius 3 is 2.75 bits per heavy atom. The summed E-state index contributed by atoms with van der Waals surface area (Å²) in [5.41, 5.74) is 0.840. The van der Waals surface area contributed by atoms with Crippen LogP contribution in [-0.2, 0) is 0 Å². The first-order chi connectivity index (χ1) is 7.63. The topological polar surface area (TPSA) is 52.1 Å². The monoisotopic (exact) mass is 256 g/mol. The molecule has 0 saturated carbocycles. The first-order valence-corrected chi connectivity index (χ1v) is 5.07. The van der Waals surface area contributed by atoms with Crippen LogP contribution in [0.3, 0.4) is 0 Å². The van der Waals surface area contributed by atoms with E-state index in [0.29, 0.717) is 16.7 Å². The second kappa shape index (κ2) is 4.23. The fourth-order valence-electron chi connectivity index (χ4n) is 1.37. The van der Waals surface area contributed by atoms with E-state index >= 15 is 0 Å². The van der Waals surface area contributed by atoms with Crippen LogP contribution in [-0.4, -0.2) is 22.3 Å². The van der Waals surface area contributed by atoms with Crippen LogP contribution in [0.15, 0.2) is 18.5 Å². The number of nitrogens with zero attached hydrogens (tertiary/aromatic N) is 2. The van der Waals surface area contributed by atoms with Gasteiger partial charge in [0.2, 0.25) is 0 Å². The molecule has 1 heterocycles. The molecule has 82 valence electrons. The molecule has 0 aliphatic carbocycles. The van der Waals surface area contributed by atoms with E-state index < -0.39 is 5.24 Å². The summed E-state index contributed by atoms with van der Waals surface area (Å²) < 4.78 is 5.05. The normalized spacial score (nSPS) is 10.4. The molecule has 0 fully saturated rings. The van der Waals surface area contributed by atoms with E-state index in [1.807, 2.05) is 0 Å². The van der Waals surface area contributed by atoms with Crippen molar-refractivity contribution in [3.05, 3.63) is 29.2 Å². The molecule has 16 heavy (non-hydrogen) atoms. The molecule has 2 aromatic rings. The van der Waals surface area contributed by atoms with Gasteiger partial charge in [-0.25, -0.2) is 9.97 Å². The third kappa shape index (κ3) is 1.81. The highest BCUT2D eigenvalue weighted by Gasteiger charge is 2.13. The molecule has 4 nitrogen and oxygen atoms in total. The van der Waals surface area contributed by atoms with E-state index in [0.717, 1.165) is 0 Å². The van der Waals surface area contributed by atoms with Crippen molar-refractivity contribution in [2.45, 2.75) is 0 Å². The van der Waals surface area contributed by atoms with Crippen molar-refractivity contribution in [3.8, 4) is 5.75 Å². The largest absolute Gasteiger partial charge is 0.496 e. The maximum absolute atomic E-state index is 11.2. The minimum atomic E-state index is -0.612. The number of ether oxygens (including phenoxy) is 1. The molecular formula is C10H6Cl2N2O2. The fourth-order valence-corrected chi connectivity index (χ4v) is 1.72. The minimum absolute atomic E-state index is 0.244. The number of halogens is 2. The maximum atomic E-state index is 11.2. The molecule has 0 amide bonds. The number of carbonyl (C=O) groups excluding carboxylic acids is 1. The van der Waals surface area contributed by atoms with Gasteiger partial charge < -0.3 is 4.74 Å². The van der Waals surface area contributed by atoms with Crippen LogP contribution in [0.5, 0.6) is 5.75 Å². The van der Waals surface area contributed by atoms with Gasteiger partial charge in [-0.3, -0.25) is 4.79 Å². The van der Waals surface area contributed by atoms with Gasteiger partial charge in [0.1, 0.15) is 17.2 Å². The Morgan fingerprint density at radius 2 is 2.12 bits per heavy atom. The average molecular weight is 257 g/mol. The molecule has 0 unspecified atom stereocenters. The Labute approximate surface area is 101 Å². The fraction of sp³-hybridized carbons (Fsp3) is 0.100. The first kappa shape index (κ1) is 11.1. The molecule has 0 saturated heterocycles. The second-order valence-electron chi connectivity index (χ2n) is 3.01. The van der Waals surface area contributed by atoms with Crippen LogP contribution in [0.1, 0.15) is 10.4 Å². The number of carbonyl (C=O) groups is 1. The highest BCUT2D eigenvalue weighted by molar-refractivity contribution is 6.68. The Hall–Kier alpha value is -1.39. The molecule has 1 aromatic carbocycles. The molecule has 1 aromatic heterocycles. The van der Waals surface area contributed by atoms with Gasteiger partial charge in [0.15, 0.2) is 0 Å². The van der Waals surface area contributed by atoms with Crippen LogP contribution in [0.2, 0.25) is 5.15 Å². The van der Waals surface area contributed by atoms with E-state index in [4.69, 9.17) is 27.9 Å². The van der Waals surface area contributed by atoms with E-state index in [2.05, 4.69) is 9.97 Å². The Kier molecular flexibility index (Phi) is 2.94. The van der Waals surface area contributed by atoms with Crippen molar-refractivity contribution in [1.82, 2.24) is 9.97 Å². The lowest BCUT2D eigenvalue weighted by molar-refractivity contribution is 0.107. The molecule has 0 radical (unpaired) electrons. The van der Waals surface area contributed by atoms with Gasteiger partial charge in [-0.05, 0) is 17.7 Å². The first-order valence-electron chi connectivity index (χ1n) is 4.31. The highest BCUT2D eigenvalue weighted by atomic mass is 35.5. The van der Waals surface area contributed by atoms with Crippen LogP contribution in [0, 0.1) is 0 Å². The predicted octanol–water partition coefficient (Wildman–Crippen LogP) is 2.67.